The Morgan fingerprint density at radius 2 is 1.22 bits per heavy atom. The van der Waals surface area contributed by atoms with Crippen molar-refractivity contribution >= 4 is 29.2 Å². The molecule has 23 heavy (non-hydrogen) atoms. The first-order valence-corrected chi connectivity index (χ1v) is 10.4. The van der Waals surface area contributed by atoms with Gasteiger partial charge in [0, 0.05) is 0 Å². The fraction of sp³-hybridized carbons (Fsp3) is 0.0909. The summed E-state index contributed by atoms with van der Waals surface area (Å²) < 4.78 is 3.23. The summed E-state index contributed by atoms with van der Waals surface area (Å²) in [4.78, 5) is 0. The standard InChI is InChI=1S/C22H16Te/c1-3-9-17-15(7-1)13-14-16-8-2-4-10-18(16)22-21(17)19-11-5-6-12-20(19)23-22/h1-12H,13-14H2. The second kappa shape index (κ2) is 5.38. The van der Waals surface area contributed by atoms with Gasteiger partial charge in [-0.3, -0.25) is 0 Å². The molecule has 1 aromatic heterocycles. The van der Waals surface area contributed by atoms with E-state index >= 15 is 0 Å². The van der Waals surface area contributed by atoms with Crippen molar-refractivity contribution in [1.82, 2.24) is 0 Å². The molecule has 0 N–H and O–H groups in total. The summed E-state index contributed by atoms with van der Waals surface area (Å²) in [5.41, 5.74) is 7.51. The van der Waals surface area contributed by atoms with E-state index in [4.69, 9.17) is 0 Å². The molecule has 0 radical (unpaired) electrons. The van der Waals surface area contributed by atoms with Crippen LogP contribution in [0.1, 0.15) is 11.1 Å². The molecule has 0 fully saturated rings. The summed E-state index contributed by atoms with van der Waals surface area (Å²) in [5.74, 6) is 0. The maximum atomic E-state index is 2.34. The van der Waals surface area contributed by atoms with E-state index < -0.39 is 0 Å². The molecule has 0 amide bonds. The van der Waals surface area contributed by atoms with Crippen LogP contribution in [-0.4, -0.2) is 20.4 Å². The summed E-state index contributed by atoms with van der Waals surface area (Å²) >= 11 is -0.314. The molecular formula is C22H16Te. The molecule has 0 saturated carbocycles. The number of hydrogen-bond acceptors (Lipinski definition) is 0. The average Bonchev–Trinajstić information content (AvgIpc) is 2.98. The molecule has 3 aromatic carbocycles. The van der Waals surface area contributed by atoms with E-state index in [1.54, 1.807) is 6.98 Å². The van der Waals surface area contributed by atoms with Crippen LogP contribution in [0.3, 0.4) is 0 Å². The van der Waals surface area contributed by atoms with Gasteiger partial charge in [0.25, 0.3) is 0 Å². The predicted molar refractivity (Wildman–Crippen MR) is 99.2 cm³/mol. The molecule has 0 spiro atoms. The zero-order chi connectivity index (χ0) is 15.2. The van der Waals surface area contributed by atoms with Crippen molar-refractivity contribution in [2.24, 2.45) is 0 Å². The molecule has 1 heterocycles. The minimum atomic E-state index is -0.314. The number of hydrogen-bond donors (Lipinski definition) is 0. The Kier molecular flexibility index (Phi) is 3.18. The molecule has 5 rings (SSSR count). The molecule has 4 aromatic rings. The monoisotopic (exact) mass is 410 g/mol. The Bertz CT molecular complexity index is 1020. The number of aryl methyl sites for hydroxylation is 2. The van der Waals surface area contributed by atoms with E-state index in [1.165, 1.54) is 33.2 Å². The second-order valence-corrected chi connectivity index (χ2v) is 9.12. The molecule has 1 heteroatoms. The van der Waals surface area contributed by atoms with E-state index in [2.05, 4.69) is 72.8 Å². The van der Waals surface area contributed by atoms with Gasteiger partial charge in [0.2, 0.25) is 0 Å². The predicted octanol–water partition coefficient (Wildman–Crippen LogP) is 5.33. The molecule has 0 unspecified atom stereocenters. The molecule has 0 saturated heterocycles. The Hall–Kier alpha value is -1.81. The number of rotatable bonds is 0. The van der Waals surface area contributed by atoms with Gasteiger partial charge in [-0.05, 0) is 0 Å². The van der Waals surface area contributed by atoms with Crippen molar-refractivity contribution in [3.8, 4) is 20.3 Å². The van der Waals surface area contributed by atoms with Gasteiger partial charge >= 0.3 is 146 Å². The van der Waals surface area contributed by atoms with E-state index in [-0.39, 0.29) is 20.4 Å². The Morgan fingerprint density at radius 1 is 0.609 bits per heavy atom. The van der Waals surface area contributed by atoms with Gasteiger partial charge in [0.15, 0.2) is 0 Å². The fourth-order valence-corrected chi connectivity index (χ4v) is 7.36. The first-order valence-electron chi connectivity index (χ1n) is 8.10. The third-order valence-corrected chi connectivity index (χ3v) is 8.24. The first kappa shape index (κ1) is 13.6. The summed E-state index contributed by atoms with van der Waals surface area (Å²) in [6.07, 6.45) is 2.28. The molecule has 0 atom stereocenters. The fourth-order valence-electron chi connectivity index (χ4n) is 3.71. The third-order valence-electron chi connectivity index (χ3n) is 4.81. The Labute approximate surface area is 146 Å². The van der Waals surface area contributed by atoms with Crippen LogP contribution in [0.5, 0.6) is 0 Å². The SMILES string of the molecule is c1ccc2c(c1)CCc1ccccc1-c1c-2[te]c2ccccc12. The van der Waals surface area contributed by atoms with Crippen molar-refractivity contribution in [3.05, 3.63) is 83.9 Å². The van der Waals surface area contributed by atoms with Crippen LogP contribution >= 0.6 is 0 Å². The van der Waals surface area contributed by atoms with E-state index in [0.29, 0.717) is 0 Å². The third kappa shape index (κ3) is 2.12. The van der Waals surface area contributed by atoms with Crippen molar-refractivity contribution in [3.63, 3.8) is 0 Å². The summed E-state index contributed by atoms with van der Waals surface area (Å²) in [6, 6.07) is 27.1. The van der Waals surface area contributed by atoms with Gasteiger partial charge < -0.3 is 0 Å². The van der Waals surface area contributed by atoms with Crippen LogP contribution in [-0.2, 0) is 12.8 Å². The normalized spacial score (nSPS) is 12.9. The maximum absolute atomic E-state index is 2.34. The van der Waals surface area contributed by atoms with E-state index in [1.807, 2.05) is 0 Å². The topological polar surface area (TPSA) is 0 Å². The van der Waals surface area contributed by atoms with E-state index in [9.17, 15) is 0 Å². The first-order chi connectivity index (χ1) is 11.4. The molecule has 0 nitrogen and oxygen atoms in total. The van der Waals surface area contributed by atoms with Crippen LogP contribution in [0.2, 0.25) is 0 Å². The molecular weight excluding hydrogens is 392 g/mol. The van der Waals surface area contributed by atoms with E-state index in [0.717, 1.165) is 12.8 Å². The van der Waals surface area contributed by atoms with Gasteiger partial charge in [-0.1, -0.05) is 0 Å². The zero-order valence-electron chi connectivity index (χ0n) is 12.8. The summed E-state index contributed by atoms with van der Waals surface area (Å²) in [6.45, 7) is 0. The number of benzene rings is 3. The Morgan fingerprint density at radius 3 is 2.04 bits per heavy atom. The van der Waals surface area contributed by atoms with Gasteiger partial charge in [-0.25, -0.2) is 0 Å². The molecule has 1 aliphatic carbocycles. The van der Waals surface area contributed by atoms with Crippen LogP contribution in [0.25, 0.3) is 29.1 Å². The molecule has 0 bridgehead atoms. The summed E-state index contributed by atoms with van der Waals surface area (Å²) in [7, 11) is 0. The van der Waals surface area contributed by atoms with Crippen molar-refractivity contribution in [2.75, 3.05) is 0 Å². The number of fused-ring (bicyclic) bond motifs is 7. The van der Waals surface area contributed by atoms with Gasteiger partial charge in [-0.2, -0.15) is 0 Å². The van der Waals surface area contributed by atoms with Crippen LogP contribution < -0.4 is 0 Å². The van der Waals surface area contributed by atoms with Crippen molar-refractivity contribution in [2.45, 2.75) is 12.8 Å². The van der Waals surface area contributed by atoms with Gasteiger partial charge in [0.05, 0.1) is 0 Å². The van der Waals surface area contributed by atoms with Crippen molar-refractivity contribution in [1.29, 1.82) is 0 Å². The Balaban J connectivity index is 1.96. The molecule has 0 aliphatic heterocycles. The molecule has 1 aliphatic rings. The summed E-state index contributed by atoms with van der Waals surface area (Å²) in [5, 5.41) is 1.48. The quantitative estimate of drug-likeness (QED) is 0.345. The molecule has 110 valence electrons. The zero-order valence-corrected chi connectivity index (χ0v) is 15.1. The van der Waals surface area contributed by atoms with Gasteiger partial charge in [0.1, 0.15) is 0 Å². The van der Waals surface area contributed by atoms with Crippen LogP contribution in [0, 0.1) is 0 Å². The van der Waals surface area contributed by atoms with Crippen LogP contribution in [0.15, 0.2) is 72.8 Å². The van der Waals surface area contributed by atoms with Crippen LogP contribution in [0.4, 0.5) is 0 Å². The van der Waals surface area contributed by atoms with Crippen molar-refractivity contribution < 1.29 is 0 Å². The second-order valence-electron chi connectivity index (χ2n) is 6.12. The minimum absolute atomic E-state index is 0.314. The van der Waals surface area contributed by atoms with Gasteiger partial charge in [-0.15, -0.1) is 0 Å². The average molecular weight is 408 g/mol.